The van der Waals surface area contributed by atoms with Gasteiger partial charge in [0.05, 0.1) is 0 Å². The maximum Gasteiger partial charge on any atom is 0.167 e. The zero-order valence-electron chi connectivity index (χ0n) is 10.5. The number of Topliss-reactive ketones (excluding diaryl/α,β-unsaturated/α-hetero) is 1. The molecule has 1 heterocycles. The minimum absolute atomic E-state index is 0.213. The van der Waals surface area contributed by atoms with Crippen molar-refractivity contribution >= 4 is 21.7 Å². The standard InChI is InChI=1S/C15H18BrNO/c16-14-5-3-4-13-12(14)7-6-11(15(13)18)10-17-8-1-2-9-17/h3-5,11H,1-2,6-10H2. The van der Waals surface area contributed by atoms with E-state index in [-0.39, 0.29) is 5.92 Å². The summed E-state index contributed by atoms with van der Waals surface area (Å²) in [5, 5.41) is 0. The van der Waals surface area contributed by atoms with Crippen molar-refractivity contribution in [3.05, 3.63) is 33.8 Å². The highest BCUT2D eigenvalue weighted by Crippen LogP contribution is 2.31. The maximum atomic E-state index is 12.5. The van der Waals surface area contributed by atoms with Crippen LogP contribution in [0.2, 0.25) is 0 Å². The number of halogens is 1. The molecule has 18 heavy (non-hydrogen) atoms. The fourth-order valence-corrected chi connectivity index (χ4v) is 3.73. The molecule has 2 nitrogen and oxygen atoms in total. The molecule has 0 N–H and O–H groups in total. The van der Waals surface area contributed by atoms with E-state index in [0.29, 0.717) is 5.78 Å². The minimum atomic E-state index is 0.213. The van der Waals surface area contributed by atoms with E-state index in [1.165, 1.54) is 31.5 Å². The van der Waals surface area contributed by atoms with Gasteiger partial charge in [-0.3, -0.25) is 4.79 Å². The molecule has 0 aromatic heterocycles. The molecule has 96 valence electrons. The summed E-state index contributed by atoms with van der Waals surface area (Å²) in [6.07, 6.45) is 4.62. The maximum absolute atomic E-state index is 12.5. The second-order valence-electron chi connectivity index (χ2n) is 5.37. The Morgan fingerprint density at radius 2 is 2.06 bits per heavy atom. The Hall–Kier alpha value is -0.670. The Labute approximate surface area is 116 Å². The lowest BCUT2D eigenvalue weighted by atomic mass is 9.82. The highest BCUT2D eigenvalue weighted by atomic mass is 79.9. The molecule has 0 amide bonds. The number of carbonyl (C=O) groups is 1. The number of carbonyl (C=O) groups excluding carboxylic acids is 1. The Morgan fingerprint density at radius 1 is 1.28 bits per heavy atom. The highest BCUT2D eigenvalue weighted by Gasteiger charge is 2.30. The average Bonchev–Trinajstić information content (AvgIpc) is 2.86. The van der Waals surface area contributed by atoms with Crippen LogP contribution < -0.4 is 0 Å². The zero-order chi connectivity index (χ0) is 12.5. The van der Waals surface area contributed by atoms with Gasteiger partial charge in [0.15, 0.2) is 5.78 Å². The van der Waals surface area contributed by atoms with E-state index in [1.54, 1.807) is 0 Å². The first-order valence-electron chi connectivity index (χ1n) is 6.79. The summed E-state index contributed by atoms with van der Waals surface area (Å²) >= 11 is 3.55. The third kappa shape index (κ3) is 2.26. The molecule has 0 bridgehead atoms. The molecule has 2 aliphatic rings. The van der Waals surface area contributed by atoms with Crippen LogP contribution in [0.25, 0.3) is 0 Å². The number of rotatable bonds is 2. The van der Waals surface area contributed by atoms with Crippen molar-refractivity contribution in [3.63, 3.8) is 0 Å². The monoisotopic (exact) mass is 307 g/mol. The molecule has 1 unspecified atom stereocenters. The Kier molecular flexibility index (Phi) is 3.53. The van der Waals surface area contributed by atoms with E-state index in [1.807, 2.05) is 18.2 Å². The van der Waals surface area contributed by atoms with Gasteiger partial charge >= 0.3 is 0 Å². The first kappa shape index (κ1) is 12.4. The molecule has 1 fully saturated rings. The van der Waals surface area contributed by atoms with Crippen LogP contribution in [-0.2, 0) is 6.42 Å². The van der Waals surface area contributed by atoms with E-state index in [4.69, 9.17) is 0 Å². The third-order valence-corrected chi connectivity index (χ3v) is 4.92. The molecule has 1 atom stereocenters. The van der Waals surface area contributed by atoms with E-state index in [9.17, 15) is 4.79 Å². The van der Waals surface area contributed by atoms with Crippen molar-refractivity contribution in [1.82, 2.24) is 4.90 Å². The molecule has 1 aliphatic carbocycles. The van der Waals surface area contributed by atoms with Gasteiger partial charge in [-0.05, 0) is 50.4 Å². The van der Waals surface area contributed by atoms with E-state index < -0.39 is 0 Å². The van der Waals surface area contributed by atoms with Gasteiger partial charge in [-0.1, -0.05) is 28.1 Å². The predicted octanol–water partition coefficient (Wildman–Crippen LogP) is 3.29. The van der Waals surface area contributed by atoms with Crippen LogP contribution in [0.1, 0.15) is 35.2 Å². The zero-order valence-corrected chi connectivity index (χ0v) is 12.1. The minimum Gasteiger partial charge on any atom is -0.303 e. The van der Waals surface area contributed by atoms with Crippen molar-refractivity contribution in [1.29, 1.82) is 0 Å². The predicted molar refractivity (Wildman–Crippen MR) is 76.0 cm³/mol. The molecule has 0 spiro atoms. The second kappa shape index (κ2) is 5.14. The van der Waals surface area contributed by atoms with Gasteiger partial charge in [-0.15, -0.1) is 0 Å². The molecule has 0 radical (unpaired) electrons. The Balaban J connectivity index is 1.79. The topological polar surface area (TPSA) is 20.3 Å². The normalized spacial score (nSPS) is 24.3. The summed E-state index contributed by atoms with van der Waals surface area (Å²) in [5.41, 5.74) is 2.15. The van der Waals surface area contributed by atoms with Crippen LogP contribution in [0.5, 0.6) is 0 Å². The summed E-state index contributed by atoms with van der Waals surface area (Å²) < 4.78 is 1.09. The summed E-state index contributed by atoms with van der Waals surface area (Å²) in [6.45, 7) is 3.31. The molecule has 0 saturated carbocycles. The van der Waals surface area contributed by atoms with Gasteiger partial charge in [0.25, 0.3) is 0 Å². The van der Waals surface area contributed by atoms with Gasteiger partial charge in [0.1, 0.15) is 0 Å². The number of ketones is 1. The average molecular weight is 308 g/mol. The molecular formula is C15H18BrNO. The van der Waals surface area contributed by atoms with Gasteiger partial charge < -0.3 is 4.90 Å². The number of likely N-dealkylation sites (tertiary alicyclic amines) is 1. The SMILES string of the molecule is O=C1c2cccc(Br)c2CCC1CN1CCCC1. The van der Waals surface area contributed by atoms with Crippen molar-refractivity contribution < 1.29 is 4.79 Å². The number of hydrogen-bond acceptors (Lipinski definition) is 2. The van der Waals surface area contributed by atoms with Gasteiger partial charge in [0.2, 0.25) is 0 Å². The lowest BCUT2D eigenvalue weighted by molar-refractivity contribution is 0.0868. The van der Waals surface area contributed by atoms with Crippen LogP contribution in [0.15, 0.2) is 22.7 Å². The Bertz CT molecular complexity index is 466. The smallest absolute Gasteiger partial charge is 0.167 e. The number of hydrogen-bond donors (Lipinski definition) is 0. The fourth-order valence-electron chi connectivity index (χ4n) is 3.16. The van der Waals surface area contributed by atoms with Gasteiger partial charge in [0, 0.05) is 22.5 Å². The van der Waals surface area contributed by atoms with Gasteiger partial charge in [-0.2, -0.15) is 0 Å². The summed E-state index contributed by atoms with van der Waals surface area (Å²) in [6, 6.07) is 5.99. The quantitative estimate of drug-likeness (QED) is 0.835. The third-order valence-electron chi connectivity index (χ3n) is 4.18. The molecule has 1 aromatic carbocycles. The van der Waals surface area contributed by atoms with E-state index >= 15 is 0 Å². The molecule has 3 heteroatoms. The first-order chi connectivity index (χ1) is 8.75. The van der Waals surface area contributed by atoms with Crippen LogP contribution in [0.3, 0.4) is 0 Å². The highest BCUT2D eigenvalue weighted by molar-refractivity contribution is 9.10. The van der Waals surface area contributed by atoms with E-state index in [0.717, 1.165) is 29.4 Å². The van der Waals surface area contributed by atoms with Crippen LogP contribution >= 0.6 is 15.9 Å². The molecule has 1 saturated heterocycles. The summed E-state index contributed by atoms with van der Waals surface area (Å²) in [4.78, 5) is 15.0. The number of benzene rings is 1. The summed E-state index contributed by atoms with van der Waals surface area (Å²) in [5.74, 6) is 0.564. The van der Waals surface area contributed by atoms with Crippen molar-refractivity contribution in [2.75, 3.05) is 19.6 Å². The fraction of sp³-hybridized carbons (Fsp3) is 0.533. The van der Waals surface area contributed by atoms with Crippen molar-refractivity contribution in [2.45, 2.75) is 25.7 Å². The van der Waals surface area contributed by atoms with Crippen LogP contribution in [0.4, 0.5) is 0 Å². The van der Waals surface area contributed by atoms with Crippen molar-refractivity contribution in [3.8, 4) is 0 Å². The molecule has 3 rings (SSSR count). The first-order valence-corrected chi connectivity index (χ1v) is 7.59. The molecular weight excluding hydrogens is 290 g/mol. The van der Waals surface area contributed by atoms with Crippen molar-refractivity contribution in [2.24, 2.45) is 5.92 Å². The van der Waals surface area contributed by atoms with Gasteiger partial charge in [-0.25, -0.2) is 0 Å². The lowest BCUT2D eigenvalue weighted by Crippen LogP contribution is -2.34. The van der Waals surface area contributed by atoms with Crippen LogP contribution in [-0.4, -0.2) is 30.3 Å². The number of nitrogens with zero attached hydrogens (tertiary/aromatic N) is 1. The molecule has 1 aliphatic heterocycles. The largest absolute Gasteiger partial charge is 0.303 e. The van der Waals surface area contributed by atoms with Crippen LogP contribution in [0, 0.1) is 5.92 Å². The second-order valence-corrected chi connectivity index (χ2v) is 6.23. The summed E-state index contributed by atoms with van der Waals surface area (Å²) in [7, 11) is 0. The van der Waals surface area contributed by atoms with E-state index in [2.05, 4.69) is 20.8 Å². The molecule has 1 aromatic rings. The Morgan fingerprint density at radius 3 is 2.83 bits per heavy atom. The lowest BCUT2D eigenvalue weighted by Gasteiger charge is -2.27. The number of fused-ring (bicyclic) bond motifs is 1.